The summed E-state index contributed by atoms with van der Waals surface area (Å²) in [7, 11) is -3.72. The first kappa shape index (κ1) is 16.9. The number of aryl methyl sites for hydroxylation is 1. The number of halogens is 1. The van der Waals surface area contributed by atoms with E-state index in [1.165, 1.54) is 12.3 Å². The summed E-state index contributed by atoms with van der Waals surface area (Å²) >= 11 is 5.78. The van der Waals surface area contributed by atoms with Crippen LogP contribution in [-0.2, 0) is 16.4 Å². The number of aliphatic hydroxyl groups is 1. The highest BCUT2D eigenvalue weighted by atomic mass is 35.5. The molecule has 1 aromatic carbocycles. The Balaban J connectivity index is 1.98. The van der Waals surface area contributed by atoms with Crippen molar-refractivity contribution >= 4 is 21.6 Å². The van der Waals surface area contributed by atoms with E-state index in [0.29, 0.717) is 12.0 Å². The molecule has 0 saturated carbocycles. The molecule has 0 amide bonds. The molecule has 0 spiro atoms. The summed E-state index contributed by atoms with van der Waals surface area (Å²) in [5.74, 6) is 0. The zero-order valence-electron chi connectivity index (χ0n) is 12.0. The number of hydrogen-bond acceptors (Lipinski definition) is 4. The van der Waals surface area contributed by atoms with Crippen LogP contribution in [0.25, 0.3) is 0 Å². The van der Waals surface area contributed by atoms with Crippen molar-refractivity contribution in [3.8, 4) is 0 Å². The number of benzene rings is 1. The van der Waals surface area contributed by atoms with Crippen LogP contribution in [0, 0.1) is 6.92 Å². The van der Waals surface area contributed by atoms with Gasteiger partial charge in [-0.15, -0.1) is 0 Å². The molecule has 2 rings (SSSR count). The molecule has 0 radical (unpaired) electrons. The summed E-state index contributed by atoms with van der Waals surface area (Å²) in [4.78, 5) is 3.85. The molecule has 0 aliphatic heterocycles. The molecule has 0 aliphatic carbocycles. The van der Waals surface area contributed by atoms with Crippen molar-refractivity contribution in [1.82, 2.24) is 9.71 Å². The van der Waals surface area contributed by atoms with E-state index in [2.05, 4.69) is 9.71 Å². The highest BCUT2D eigenvalue weighted by Gasteiger charge is 2.17. The molecular formula is C15H17ClN2O3S. The first-order chi connectivity index (χ1) is 10.4. The first-order valence-corrected chi connectivity index (χ1v) is 8.58. The Morgan fingerprint density at radius 2 is 2.00 bits per heavy atom. The average Bonchev–Trinajstić information content (AvgIpc) is 2.49. The SMILES string of the molecule is Cc1cc(S(=O)(=O)NCC(O)Cc2ccccc2)cnc1Cl. The fourth-order valence-corrected chi connectivity index (χ4v) is 3.13. The maximum atomic E-state index is 12.1. The van der Waals surface area contributed by atoms with Gasteiger partial charge in [-0.05, 0) is 30.5 Å². The van der Waals surface area contributed by atoms with E-state index >= 15 is 0 Å². The molecule has 2 aromatic rings. The molecule has 22 heavy (non-hydrogen) atoms. The molecule has 7 heteroatoms. The van der Waals surface area contributed by atoms with E-state index in [0.717, 1.165) is 5.56 Å². The van der Waals surface area contributed by atoms with Crippen LogP contribution in [0.3, 0.4) is 0 Å². The van der Waals surface area contributed by atoms with E-state index in [-0.39, 0.29) is 16.6 Å². The van der Waals surface area contributed by atoms with Gasteiger partial charge in [0, 0.05) is 12.7 Å². The van der Waals surface area contributed by atoms with Gasteiger partial charge in [0.1, 0.15) is 10.0 Å². The second-order valence-electron chi connectivity index (χ2n) is 4.97. The van der Waals surface area contributed by atoms with Crippen LogP contribution < -0.4 is 4.72 Å². The Morgan fingerprint density at radius 1 is 1.32 bits per heavy atom. The minimum atomic E-state index is -3.72. The third-order valence-electron chi connectivity index (χ3n) is 3.12. The number of nitrogens with zero attached hydrogens (tertiary/aromatic N) is 1. The predicted octanol–water partition coefficient (Wildman–Crippen LogP) is 1.93. The maximum absolute atomic E-state index is 12.1. The third-order valence-corrected chi connectivity index (χ3v) is 4.91. The molecule has 0 bridgehead atoms. The molecule has 0 aliphatic rings. The van der Waals surface area contributed by atoms with Crippen LogP contribution in [0.4, 0.5) is 0 Å². The molecular weight excluding hydrogens is 324 g/mol. The molecule has 1 atom stereocenters. The summed E-state index contributed by atoms with van der Waals surface area (Å²) in [6.45, 7) is 1.61. The van der Waals surface area contributed by atoms with Gasteiger partial charge in [-0.3, -0.25) is 0 Å². The minimum Gasteiger partial charge on any atom is -0.391 e. The summed E-state index contributed by atoms with van der Waals surface area (Å²) in [5.41, 5.74) is 1.52. The monoisotopic (exact) mass is 340 g/mol. The molecule has 118 valence electrons. The summed E-state index contributed by atoms with van der Waals surface area (Å²) in [5, 5.41) is 10.2. The van der Waals surface area contributed by atoms with Crippen molar-refractivity contribution in [3.05, 3.63) is 58.9 Å². The quantitative estimate of drug-likeness (QED) is 0.787. The number of pyridine rings is 1. The fourth-order valence-electron chi connectivity index (χ4n) is 1.93. The number of nitrogens with one attached hydrogen (secondary N) is 1. The maximum Gasteiger partial charge on any atom is 0.242 e. The molecule has 2 N–H and O–H groups in total. The lowest BCUT2D eigenvalue weighted by Gasteiger charge is -2.12. The molecule has 0 fully saturated rings. The van der Waals surface area contributed by atoms with E-state index in [1.54, 1.807) is 6.92 Å². The van der Waals surface area contributed by atoms with Crippen LogP contribution in [0.1, 0.15) is 11.1 Å². The zero-order valence-corrected chi connectivity index (χ0v) is 13.6. The van der Waals surface area contributed by atoms with Crippen LogP contribution in [-0.4, -0.2) is 31.2 Å². The van der Waals surface area contributed by atoms with Crippen LogP contribution in [0.15, 0.2) is 47.5 Å². The van der Waals surface area contributed by atoms with Crippen LogP contribution in [0.5, 0.6) is 0 Å². The van der Waals surface area contributed by atoms with Crippen LogP contribution >= 0.6 is 11.6 Å². The summed E-state index contributed by atoms with van der Waals surface area (Å²) < 4.78 is 26.7. The number of aromatic nitrogens is 1. The Morgan fingerprint density at radius 3 is 2.64 bits per heavy atom. The van der Waals surface area contributed by atoms with Gasteiger partial charge >= 0.3 is 0 Å². The summed E-state index contributed by atoms with van der Waals surface area (Å²) in [6.07, 6.45) is 0.765. The Hall–Kier alpha value is -1.47. The Bertz CT molecular complexity index is 736. The number of rotatable bonds is 6. The van der Waals surface area contributed by atoms with Crippen molar-refractivity contribution in [1.29, 1.82) is 0 Å². The molecule has 5 nitrogen and oxygen atoms in total. The lowest BCUT2D eigenvalue weighted by Crippen LogP contribution is -2.33. The highest BCUT2D eigenvalue weighted by molar-refractivity contribution is 7.89. The third kappa shape index (κ3) is 4.51. The molecule has 1 aromatic heterocycles. The van der Waals surface area contributed by atoms with Crippen molar-refractivity contribution in [3.63, 3.8) is 0 Å². The first-order valence-electron chi connectivity index (χ1n) is 6.72. The normalized spacial score (nSPS) is 13.0. The molecule has 0 saturated heterocycles. The van der Waals surface area contributed by atoms with E-state index in [9.17, 15) is 13.5 Å². The van der Waals surface area contributed by atoms with E-state index < -0.39 is 16.1 Å². The van der Waals surface area contributed by atoms with Crippen molar-refractivity contribution < 1.29 is 13.5 Å². The highest BCUT2D eigenvalue weighted by Crippen LogP contribution is 2.16. The fraction of sp³-hybridized carbons (Fsp3) is 0.267. The lowest BCUT2D eigenvalue weighted by atomic mass is 10.1. The smallest absolute Gasteiger partial charge is 0.242 e. The van der Waals surface area contributed by atoms with Gasteiger partial charge in [-0.1, -0.05) is 41.9 Å². The van der Waals surface area contributed by atoms with Crippen molar-refractivity contribution in [2.75, 3.05) is 6.54 Å². The largest absolute Gasteiger partial charge is 0.391 e. The van der Waals surface area contributed by atoms with Crippen molar-refractivity contribution in [2.24, 2.45) is 0 Å². The van der Waals surface area contributed by atoms with Crippen molar-refractivity contribution in [2.45, 2.75) is 24.3 Å². The molecule has 1 heterocycles. The van der Waals surface area contributed by atoms with Gasteiger partial charge in [-0.2, -0.15) is 0 Å². The van der Waals surface area contributed by atoms with Gasteiger partial charge in [-0.25, -0.2) is 18.1 Å². The second-order valence-corrected chi connectivity index (χ2v) is 7.10. The van der Waals surface area contributed by atoms with Gasteiger partial charge in [0.05, 0.1) is 6.10 Å². The molecule has 1 unspecified atom stereocenters. The summed E-state index contributed by atoms with van der Waals surface area (Å²) in [6, 6.07) is 10.8. The van der Waals surface area contributed by atoms with E-state index in [4.69, 9.17) is 11.6 Å². The van der Waals surface area contributed by atoms with Gasteiger partial charge in [0.25, 0.3) is 0 Å². The standard InChI is InChI=1S/C15H17ClN2O3S/c1-11-7-14(10-17-15(11)16)22(20,21)18-9-13(19)8-12-5-3-2-4-6-12/h2-7,10,13,18-19H,8-9H2,1H3. The van der Waals surface area contributed by atoms with E-state index in [1.807, 2.05) is 30.3 Å². The average molecular weight is 341 g/mol. The lowest BCUT2D eigenvalue weighted by molar-refractivity contribution is 0.179. The topological polar surface area (TPSA) is 79.3 Å². The van der Waals surface area contributed by atoms with Gasteiger partial charge in [0.15, 0.2) is 0 Å². The number of hydrogen-bond donors (Lipinski definition) is 2. The Labute approximate surface area is 135 Å². The minimum absolute atomic E-state index is 0.0290. The number of aliphatic hydroxyl groups excluding tert-OH is 1. The predicted molar refractivity (Wildman–Crippen MR) is 85.3 cm³/mol. The Kier molecular flexibility index (Phi) is 5.52. The number of sulfonamides is 1. The second kappa shape index (κ2) is 7.19. The zero-order chi connectivity index (χ0) is 16.2. The van der Waals surface area contributed by atoms with Gasteiger partial charge in [0.2, 0.25) is 10.0 Å². The van der Waals surface area contributed by atoms with Gasteiger partial charge < -0.3 is 5.11 Å². The van der Waals surface area contributed by atoms with Crippen LogP contribution in [0.2, 0.25) is 5.15 Å².